The zero-order valence-electron chi connectivity index (χ0n) is 17.4. The van der Waals surface area contributed by atoms with Gasteiger partial charge >= 0.3 is 0 Å². The van der Waals surface area contributed by atoms with Crippen molar-refractivity contribution in [2.45, 2.75) is 84.5 Å². The Bertz CT molecular complexity index is 888. The number of hydrogen-bond donors (Lipinski definition) is 1. The fourth-order valence-electron chi connectivity index (χ4n) is 5.63. The smallest absolute Gasteiger partial charge is 0.195 e. The van der Waals surface area contributed by atoms with Gasteiger partial charge in [-0.3, -0.25) is 0 Å². The molecule has 0 saturated carbocycles. The second kappa shape index (κ2) is 7.09. The molecule has 0 spiro atoms. The number of hydrogen-bond acceptors (Lipinski definition) is 3. The zero-order valence-corrected chi connectivity index (χ0v) is 17.4. The van der Waals surface area contributed by atoms with Crippen molar-refractivity contribution >= 4 is 11.1 Å². The first-order chi connectivity index (χ1) is 12.9. The molecule has 1 N–H and O–H groups in total. The predicted molar refractivity (Wildman–Crippen MR) is 110 cm³/mol. The third-order valence-corrected chi connectivity index (χ3v) is 6.80. The number of aliphatic hydroxyl groups excluding tert-OH is 1. The maximum Gasteiger partial charge on any atom is 0.195 e. The molecule has 3 heteroatoms. The van der Waals surface area contributed by atoms with Gasteiger partial charge in [-0.2, -0.15) is 0 Å². The van der Waals surface area contributed by atoms with E-state index in [0.717, 1.165) is 17.0 Å². The number of benzene rings is 1. The van der Waals surface area contributed by atoms with Crippen LogP contribution in [0.2, 0.25) is 0 Å². The quantitative estimate of drug-likeness (QED) is 0.661. The molecule has 3 nitrogen and oxygen atoms in total. The Labute approximate surface area is 162 Å². The van der Waals surface area contributed by atoms with Crippen molar-refractivity contribution in [1.29, 1.82) is 0 Å². The van der Waals surface area contributed by atoms with Gasteiger partial charge < -0.3 is 9.52 Å². The Morgan fingerprint density at radius 2 is 1.96 bits per heavy atom. The highest BCUT2D eigenvalue weighted by molar-refractivity contribution is 5.85. The summed E-state index contributed by atoms with van der Waals surface area (Å²) in [7, 11) is 0. The highest BCUT2D eigenvalue weighted by Crippen LogP contribution is 2.55. The molecule has 2 aliphatic carbocycles. The van der Waals surface area contributed by atoms with Crippen LogP contribution in [0.1, 0.15) is 99.3 Å². The summed E-state index contributed by atoms with van der Waals surface area (Å²) >= 11 is 0. The van der Waals surface area contributed by atoms with Gasteiger partial charge in [-0.05, 0) is 80.9 Å². The highest BCUT2D eigenvalue weighted by Gasteiger charge is 2.40. The zero-order chi connectivity index (χ0) is 19.3. The van der Waals surface area contributed by atoms with E-state index in [4.69, 9.17) is 9.40 Å². The standard InChI is InChI=1S/C24H33NO2/c1-13(2)11-17-12-15(4)18-9-8-14(3)20-22(18)21(17)16(5)23-24(20)27-19(25-23)7-6-10-26/h11,14-15,17-18,26H,6-10,12H2,1-5H3/t14-,15-,17+,18?/m0/s1. The Balaban J connectivity index is 2.00. The summed E-state index contributed by atoms with van der Waals surface area (Å²) in [5, 5.41) is 9.19. The summed E-state index contributed by atoms with van der Waals surface area (Å²) in [4.78, 5) is 4.88. The maximum absolute atomic E-state index is 9.19. The summed E-state index contributed by atoms with van der Waals surface area (Å²) in [6.45, 7) is 11.6. The average Bonchev–Trinajstić information content (AvgIpc) is 3.03. The van der Waals surface area contributed by atoms with Gasteiger partial charge in [-0.25, -0.2) is 4.98 Å². The van der Waals surface area contributed by atoms with E-state index in [1.165, 1.54) is 41.5 Å². The van der Waals surface area contributed by atoms with Gasteiger partial charge in [0, 0.05) is 24.5 Å². The van der Waals surface area contributed by atoms with Crippen LogP contribution >= 0.6 is 0 Å². The highest BCUT2D eigenvalue weighted by atomic mass is 16.3. The topological polar surface area (TPSA) is 46.3 Å². The second-order valence-corrected chi connectivity index (χ2v) is 9.13. The number of nitrogens with zero attached hydrogens (tertiary/aromatic N) is 1. The molecule has 0 saturated heterocycles. The van der Waals surface area contributed by atoms with Crippen LogP contribution < -0.4 is 0 Å². The van der Waals surface area contributed by atoms with Gasteiger partial charge in [-0.1, -0.05) is 25.5 Å². The number of aliphatic hydroxyl groups is 1. The number of rotatable bonds is 4. The van der Waals surface area contributed by atoms with Crippen LogP contribution in [0.5, 0.6) is 0 Å². The summed E-state index contributed by atoms with van der Waals surface area (Å²) in [6, 6.07) is 0. The monoisotopic (exact) mass is 367 g/mol. The molecule has 0 amide bonds. The number of fused-ring (bicyclic) bond motifs is 2. The van der Waals surface area contributed by atoms with Crippen LogP contribution in [0.3, 0.4) is 0 Å². The fraction of sp³-hybridized carbons (Fsp3) is 0.625. The van der Waals surface area contributed by atoms with Gasteiger partial charge in [0.05, 0.1) is 0 Å². The first-order valence-corrected chi connectivity index (χ1v) is 10.6. The van der Waals surface area contributed by atoms with Crippen LogP contribution in [0, 0.1) is 12.8 Å². The van der Waals surface area contributed by atoms with E-state index in [-0.39, 0.29) is 6.61 Å². The lowest BCUT2D eigenvalue weighted by atomic mass is 9.62. The van der Waals surface area contributed by atoms with E-state index in [1.54, 1.807) is 5.56 Å². The molecular formula is C24H33NO2. The Morgan fingerprint density at radius 3 is 2.67 bits per heavy atom. The molecule has 1 aromatic carbocycles. The summed E-state index contributed by atoms with van der Waals surface area (Å²) in [5.74, 6) is 3.15. The Kier molecular flexibility index (Phi) is 4.92. The van der Waals surface area contributed by atoms with Crippen LogP contribution in [-0.4, -0.2) is 16.7 Å². The lowest BCUT2D eigenvalue weighted by Crippen LogP contribution is -2.28. The lowest BCUT2D eigenvalue weighted by Gasteiger charge is -2.42. The number of oxazole rings is 1. The van der Waals surface area contributed by atoms with Crippen LogP contribution in [-0.2, 0) is 6.42 Å². The van der Waals surface area contributed by atoms with E-state index < -0.39 is 0 Å². The number of allylic oxidation sites excluding steroid dienone is 2. The van der Waals surface area contributed by atoms with Crippen molar-refractivity contribution in [2.75, 3.05) is 6.61 Å². The molecule has 146 valence electrons. The minimum atomic E-state index is 0.180. The maximum atomic E-state index is 9.19. The molecule has 4 atom stereocenters. The first kappa shape index (κ1) is 18.7. The van der Waals surface area contributed by atoms with Gasteiger partial charge in [0.2, 0.25) is 0 Å². The van der Waals surface area contributed by atoms with Gasteiger partial charge in [-0.15, -0.1) is 0 Å². The van der Waals surface area contributed by atoms with E-state index in [0.29, 0.717) is 36.5 Å². The van der Waals surface area contributed by atoms with Crippen molar-refractivity contribution in [3.8, 4) is 0 Å². The molecular weight excluding hydrogens is 334 g/mol. The normalized spacial score (nSPS) is 26.9. The van der Waals surface area contributed by atoms with E-state index in [1.807, 2.05) is 0 Å². The van der Waals surface area contributed by atoms with Crippen molar-refractivity contribution in [3.05, 3.63) is 39.8 Å². The van der Waals surface area contributed by atoms with Crippen LogP contribution in [0.4, 0.5) is 0 Å². The van der Waals surface area contributed by atoms with Gasteiger partial charge in [0.15, 0.2) is 11.5 Å². The van der Waals surface area contributed by atoms with Gasteiger partial charge in [0.25, 0.3) is 0 Å². The SMILES string of the molecule is CC(C)=C[C@@H]1C[C@H](C)C2CC[C@H](C)c3c2c1c(C)c1nc(CCCO)oc31. The van der Waals surface area contributed by atoms with Crippen molar-refractivity contribution < 1.29 is 9.52 Å². The molecule has 0 radical (unpaired) electrons. The summed E-state index contributed by atoms with van der Waals surface area (Å²) in [6.07, 6.45) is 7.64. The molecule has 1 unspecified atom stereocenters. The van der Waals surface area contributed by atoms with Gasteiger partial charge in [0.1, 0.15) is 5.52 Å². The molecule has 2 aliphatic rings. The second-order valence-electron chi connectivity index (χ2n) is 9.13. The first-order valence-electron chi connectivity index (χ1n) is 10.6. The summed E-state index contributed by atoms with van der Waals surface area (Å²) in [5.41, 5.74) is 9.36. The Morgan fingerprint density at radius 1 is 1.19 bits per heavy atom. The van der Waals surface area contributed by atoms with Crippen molar-refractivity contribution in [3.63, 3.8) is 0 Å². The Hall–Kier alpha value is -1.61. The molecule has 2 aromatic rings. The molecule has 0 aliphatic heterocycles. The lowest BCUT2D eigenvalue weighted by molar-refractivity contribution is 0.283. The average molecular weight is 368 g/mol. The van der Waals surface area contributed by atoms with Crippen LogP contribution in [0.25, 0.3) is 11.1 Å². The minimum absolute atomic E-state index is 0.180. The number of aryl methyl sites for hydroxylation is 2. The third kappa shape index (κ3) is 3.04. The largest absolute Gasteiger partial charge is 0.440 e. The fourth-order valence-corrected chi connectivity index (χ4v) is 5.63. The minimum Gasteiger partial charge on any atom is -0.440 e. The molecule has 4 rings (SSSR count). The number of aromatic nitrogens is 1. The van der Waals surface area contributed by atoms with E-state index in [9.17, 15) is 5.11 Å². The molecule has 0 fully saturated rings. The van der Waals surface area contributed by atoms with Crippen molar-refractivity contribution in [2.24, 2.45) is 5.92 Å². The molecule has 1 aromatic heterocycles. The molecule has 27 heavy (non-hydrogen) atoms. The van der Waals surface area contributed by atoms with Crippen molar-refractivity contribution in [1.82, 2.24) is 4.98 Å². The van der Waals surface area contributed by atoms with E-state index in [2.05, 4.69) is 40.7 Å². The molecule has 0 bridgehead atoms. The summed E-state index contributed by atoms with van der Waals surface area (Å²) < 4.78 is 6.31. The predicted octanol–water partition coefficient (Wildman–Crippen LogP) is 6.13. The molecule has 1 heterocycles. The third-order valence-electron chi connectivity index (χ3n) is 6.80. The van der Waals surface area contributed by atoms with Crippen LogP contribution in [0.15, 0.2) is 16.1 Å². The van der Waals surface area contributed by atoms with E-state index >= 15 is 0 Å².